The Morgan fingerprint density at radius 1 is 0.900 bits per heavy atom. The van der Waals surface area contributed by atoms with E-state index in [4.69, 9.17) is 0 Å². The van der Waals surface area contributed by atoms with Gasteiger partial charge in [-0.3, -0.25) is 9.59 Å². The molecule has 3 aliphatic rings. The first-order chi connectivity index (χ1) is 9.75. The van der Waals surface area contributed by atoms with Crippen molar-refractivity contribution in [3.05, 3.63) is 11.6 Å². The van der Waals surface area contributed by atoms with E-state index in [2.05, 4.69) is 6.08 Å². The molecule has 0 unspecified atom stereocenters. The van der Waals surface area contributed by atoms with Crippen molar-refractivity contribution in [3.63, 3.8) is 0 Å². The van der Waals surface area contributed by atoms with Crippen LogP contribution in [0.4, 0.5) is 0 Å². The van der Waals surface area contributed by atoms with Crippen LogP contribution in [0.5, 0.6) is 0 Å². The van der Waals surface area contributed by atoms with E-state index >= 15 is 0 Å². The number of allylic oxidation sites excluding steroid dienone is 2. The van der Waals surface area contributed by atoms with Crippen LogP contribution in [-0.2, 0) is 9.59 Å². The highest BCUT2D eigenvalue weighted by molar-refractivity contribution is 5.88. The fourth-order valence-electron chi connectivity index (χ4n) is 4.40. The molecule has 0 radical (unpaired) electrons. The third-order valence-corrected chi connectivity index (χ3v) is 5.57. The minimum absolute atomic E-state index is 0.170. The number of carbonyl (C=O) groups is 2. The van der Waals surface area contributed by atoms with E-state index in [0.717, 1.165) is 51.4 Å². The number of hydrogen-bond donors (Lipinski definition) is 0. The molecule has 0 aromatic rings. The molecule has 2 saturated carbocycles. The van der Waals surface area contributed by atoms with Crippen molar-refractivity contribution < 1.29 is 9.59 Å². The lowest BCUT2D eigenvalue weighted by atomic mass is 9.71. The summed E-state index contributed by atoms with van der Waals surface area (Å²) in [6, 6.07) is 0. The zero-order valence-corrected chi connectivity index (χ0v) is 12.4. The second kappa shape index (κ2) is 6.24. The van der Waals surface area contributed by atoms with Crippen molar-refractivity contribution in [2.45, 2.75) is 70.6 Å². The minimum Gasteiger partial charge on any atom is -0.299 e. The van der Waals surface area contributed by atoms with Crippen LogP contribution < -0.4 is 0 Å². The second-order valence-corrected chi connectivity index (χ2v) is 6.90. The standard InChI is InChI=1S/C18H26O2/c19-17-11-5-8-14(17)12-15-9-4-10-16(18(15)20)13-6-2-1-3-7-13/h6,14-16H,1-5,7-12H2/t14-,15+,16+/m0/s1. The first-order valence-electron chi connectivity index (χ1n) is 8.51. The van der Waals surface area contributed by atoms with Gasteiger partial charge in [0.1, 0.15) is 11.6 Å². The number of hydrogen-bond acceptors (Lipinski definition) is 2. The number of ketones is 2. The number of carbonyl (C=O) groups excluding carboxylic acids is 2. The fraction of sp³-hybridized carbons (Fsp3) is 0.778. The third kappa shape index (κ3) is 2.89. The Labute approximate surface area is 122 Å². The van der Waals surface area contributed by atoms with E-state index in [1.807, 2.05) is 0 Å². The van der Waals surface area contributed by atoms with Crippen molar-refractivity contribution in [1.82, 2.24) is 0 Å². The Kier molecular flexibility index (Phi) is 4.38. The molecule has 3 aliphatic carbocycles. The molecule has 0 aromatic heterocycles. The van der Waals surface area contributed by atoms with E-state index in [1.165, 1.54) is 24.8 Å². The van der Waals surface area contributed by atoms with Gasteiger partial charge < -0.3 is 0 Å². The summed E-state index contributed by atoms with van der Waals surface area (Å²) in [5.41, 5.74) is 1.42. The van der Waals surface area contributed by atoms with Gasteiger partial charge in [-0.15, -0.1) is 0 Å². The molecular weight excluding hydrogens is 248 g/mol. The zero-order chi connectivity index (χ0) is 13.9. The maximum absolute atomic E-state index is 12.8. The molecule has 0 N–H and O–H groups in total. The molecular formula is C18H26O2. The van der Waals surface area contributed by atoms with Crippen molar-refractivity contribution in [2.24, 2.45) is 17.8 Å². The summed E-state index contributed by atoms with van der Waals surface area (Å²) < 4.78 is 0. The van der Waals surface area contributed by atoms with Crippen LogP contribution in [0.15, 0.2) is 11.6 Å². The monoisotopic (exact) mass is 274 g/mol. The van der Waals surface area contributed by atoms with Crippen LogP contribution >= 0.6 is 0 Å². The van der Waals surface area contributed by atoms with Gasteiger partial charge in [-0.25, -0.2) is 0 Å². The zero-order valence-electron chi connectivity index (χ0n) is 12.4. The van der Waals surface area contributed by atoms with E-state index in [1.54, 1.807) is 0 Å². The van der Waals surface area contributed by atoms with Gasteiger partial charge in [0.05, 0.1) is 0 Å². The molecule has 3 rings (SSSR count). The van der Waals surface area contributed by atoms with Crippen LogP contribution in [0.1, 0.15) is 70.6 Å². The summed E-state index contributed by atoms with van der Waals surface area (Å²) in [5.74, 6) is 1.44. The first kappa shape index (κ1) is 14.0. The SMILES string of the molecule is O=C1CCC[C@H]1C[C@H]1CCC[C@H](C2=CCCCC2)C1=O. The lowest BCUT2D eigenvalue weighted by Crippen LogP contribution is -2.32. The third-order valence-electron chi connectivity index (χ3n) is 5.57. The Morgan fingerprint density at radius 3 is 2.45 bits per heavy atom. The largest absolute Gasteiger partial charge is 0.299 e. The number of rotatable bonds is 3. The lowest BCUT2D eigenvalue weighted by molar-refractivity contribution is -0.129. The van der Waals surface area contributed by atoms with Crippen LogP contribution in [0, 0.1) is 17.8 Å². The van der Waals surface area contributed by atoms with Crippen molar-refractivity contribution in [2.75, 3.05) is 0 Å². The summed E-state index contributed by atoms with van der Waals surface area (Å²) in [4.78, 5) is 24.6. The summed E-state index contributed by atoms with van der Waals surface area (Å²) in [6.45, 7) is 0. The van der Waals surface area contributed by atoms with Gasteiger partial charge in [-0.1, -0.05) is 18.1 Å². The van der Waals surface area contributed by atoms with E-state index in [-0.39, 0.29) is 17.8 Å². The molecule has 0 spiro atoms. The molecule has 2 heteroatoms. The van der Waals surface area contributed by atoms with Crippen LogP contribution in [0.25, 0.3) is 0 Å². The Bertz CT molecular complexity index is 421. The molecule has 0 heterocycles. The van der Waals surface area contributed by atoms with Gasteiger partial charge in [0, 0.05) is 24.2 Å². The summed E-state index contributed by atoms with van der Waals surface area (Å²) in [6.07, 6.45) is 14.1. The summed E-state index contributed by atoms with van der Waals surface area (Å²) in [7, 11) is 0. The van der Waals surface area contributed by atoms with E-state index < -0.39 is 0 Å². The molecule has 3 atom stereocenters. The van der Waals surface area contributed by atoms with Gasteiger partial charge in [0.2, 0.25) is 0 Å². The quantitative estimate of drug-likeness (QED) is 0.722. The predicted octanol–water partition coefficient (Wildman–Crippen LogP) is 4.23. The average molecular weight is 274 g/mol. The average Bonchev–Trinajstić information content (AvgIpc) is 2.88. The van der Waals surface area contributed by atoms with Gasteiger partial charge >= 0.3 is 0 Å². The topological polar surface area (TPSA) is 34.1 Å². The molecule has 110 valence electrons. The molecule has 0 bridgehead atoms. The van der Waals surface area contributed by atoms with Crippen LogP contribution in [0.3, 0.4) is 0 Å². The molecule has 2 nitrogen and oxygen atoms in total. The van der Waals surface area contributed by atoms with Gasteiger partial charge in [0.25, 0.3) is 0 Å². The normalized spacial score (nSPS) is 35.2. The maximum Gasteiger partial charge on any atom is 0.143 e. The molecule has 0 aromatic carbocycles. The van der Waals surface area contributed by atoms with Crippen molar-refractivity contribution in [1.29, 1.82) is 0 Å². The highest BCUT2D eigenvalue weighted by Crippen LogP contribution is 2.39. The molecule has 0 aliphatic heterocycles. The first-order valence-corrected chi connectivity index (χ1v) is 8.51. The van der Waals surface area contributed by atoms with Crippen LogP contribution in [-0.4, -0.2) is 11.6 Å². The smallest absolute Gasteiger partial charge is 0.143 e. The van der Waals surface area contributed by atoms with Gasteiger partial charge in [-0.2, -0.15) is 0 Å². The van der Waals surface area contributed by atoms with Gasteiger partial charge in [-0.05, 0) is 57.8 Å². The minimum atomic E-state index is 0.170. The van der Waals surface area contributed by atoms with Crippen molar-refractivity contribution >= 4 is 11.6 Å². The predicted molar refractivity (Wildman–Crippen MR) is 79.4 cm³/mol. The Balaban J connectivity index is 1.65. The van der Waals surface area contributed by atoms with E-state index in [0.29, 0.717) is 11.6 Å². The van der Waals surface area contributed by atoms with Gasteiger partial charge in [0.15, 0.2) is 0 Å². The lowest BCUT2D eigenvalue weighted by Gasteiger charge is -2.31. The molecule has 20 heavy (non-hydrogen) atoms. The molecule has 0 saturated heterocycles. The Morgan fingerprint density at radius 2 is 1.75 bits per heavy atom. The highest BCUT2D eigenvalue weighted by atomic mass is 16.1. The van der Waals surface area contributed by atoms with Crippen LogP contribution in [0.2, 0.25) is 0 Å². The number of Topliss-reactive ketones (excluding diaryl/α,β-unsaturated/α-hetero) is 2. The summed E-state index contributed by atoms with van der Waals surface area (Å²) >= 11 is 0. The molecule has 2 fully saturated rings. The Hall–Kier alpha value is -0.920. The maximum atomic E-state index is 12.8. The van der Waals surface area contributed by atoms with Crippen molar-refractivity contribution in [3.8, 4) is 0 Å². The highest BCUT2D eigenvalue weighted by Gasteiger charge is 2.36. The summed E-state index contributed by atoms with van der Waals surface area (Å²) in [5, 5.41) is 0. The second-order valence-electron chi connectivity index (χ2n) is 6.90. The van der Waals surface area contributed by atoms with E-state index in [9.17, 15) is 9.59 Å². The fourth-order valence-corrected chi connectivity index (χ4v) is 4.40. The molecule has 0 amide bonds.